The third kappa shape index (κ3) is 3.15. The Morgan fingerprint density at radius 2 is 2.27 bits per heavy atom. The average molecular weight is 170 g/mol. The molecule has 0 saturated heterocycles. The van der Waals surface area contributed by atoms with Crippen molar-refractivity contribution in [2.75, 3.05) is 0 Å². The molecule has 0 amide bonds. The average Bonchev–Trinajstić information content (AvgIpc) is 1.88. The van der Waals surface area contributed by atoms with Crippen molar-refractivity contribution in [3.05, 3.63) is 23.8 Å². The van der Waals surface area contributed by atoms with Crippen LogP contribution in [-0.2, 0) is 0 Å². The van der Waals surface area contributed by atoms with Crippen LogP contribution in [0, 0.1) is 5.92 Å². The molecule has 0 saturated carbocycles. The minimum absolute atomic E-state index is 0. The third-order valence-electron chi connectivity index (χ3n) is 2.33. The Bertz CT molecular complexity index is 168. The van der Waals surface area contributed by atoms with Crippen LogP contribution in [0.4, 0.5) is 0 Å². The van der Waals surface area contributed by atoms with Crippen LogP contribution in [-0.4, -0.2) is 0 Å². The van der Waals surface area contributed by atoms with Gasteiger partial charge in [0.2, 0.25) is 0 Å². The molecule has 1 aliphatic rings. The normalized spacial score (nSPS) is 23.5. The molecular weight excluding hydrogens is 152 g/mol. The fraction of sp³-hybridized carbons (Fsp3) is 0.600. The highest BCUT2D eigenvalue weighted by atomic mass is 32.1. The van der Waals surface area contributed by atoms with Gasteiger partial charge in [-0.2, -0.15) is 13.5 Å². The lowest BCUT2D eigenvalue weighted by atomic mass is 9.86. The summed E-state index contributed by atoms with van der Waals surface area (Å²) >= 11 is 0. The molecule has 64 valence electrons. The summed E-state index contributed by atoms with van der Waals surface area (Å²) in [5.74, 6) is 0.767. The van der Waals surface area contributed by atoms with E-state index in [0.29, 0.717) is 0 Å². The van der Waals surface area contributed by atoms with E-state index >= 15 is 0 Å². The largest absolute Gasteiger partial charge is 0.197 e. The first-order valence-corrected chi connectivity index (χ1v) is 4.01. The molecular formula is C10H18S. The summed E-state index contributed by atoms with van der Waals surface area (Å²) in [6, 6.07) is 0. The van der Waals surface area contributed by atoms with E-state index in [2.05, 4.69) is 26.5 Å². The van der Waals surface area contributed by atoms with Gasteiger partial charge in [0.15, 0.2) is 0 Å². The molecule has 1 aliphatic carbocycles. The monoisotopic (exact) mass is 170 g/mol. The van der Waals surface area contributed by atoms with Crippen molar-refractivity contribution in [3.8, 4) is 0 Å². The Balaban J connectivity index is 0.000001000. The Hall–Kier alpha value is -0.170. The van der Waals surface area contributed by atoms with Gasteiger partial charge in [0.25, 0.3) is 0 Å². The van der Waals surface area contributed by atoms with Gasteiger partial charge >= 0.3 is 0 Å². The Morgan fingerprint density at radius 1 is 1.64 bits per heavy atom. The molecule has 0 radical (unpaired) electrons. The van der Waals surface area contributed by atoms with E-state index in [1.165, 1.54) is 24.8 Å². The van der Waals surface area contributed by atoms with Crippen molar-refractivity contribution in [1.29, 1.82) is 0 Å². The Morgan fingerprint density at radius 3 is 2.64 bits per heavy atom. The maximum atomic E-state index is 3.97. The van der Waals surface area contributed by atoms with Gasteiger partial charge in [-0.05, 0) is 39.0 Å². The molecule has 0 aromatic heterocycles. The van der Waals surface area contributed by atoms with Crippen LogP contribution in [0.5, 0.6) is 0 Å². The summed E-state index contributed by atoms with van der Waals surface area (Å²) in [6.45, 7) is 8.33. The molecule has 11 heavy (non-hydrogen) atoms. The van der Waals surface area contributed by atoms with Crippen molar-refractivity contribution >= 4 is 13.5 Å². The minimum Gasteiger partial charge on any atom is -0.197 e. The van der Waals surface area contributed by atoms with Gasteiger partial charge in [0.1, 0.15) is 0 Å². The fourth-order valence-corrected chi connectivity index (χ4v) is 1.41. The highest BCUT2D eigenvalue weighted by Crippen LogP contribution is 2.27. The molecule has 0 unspecified atom stereocenters. The molecule has 0 bridgehead atoms. The number of hydrogen-bond donors (Lipinski definition) is 0. The highest BCUT2D eigenvalue weighted by Gasteiger charge is 2.11. The van der Waals surface area contributed by atoms with Crippen LogP contribution in [0.2, 0.25) is 0 Å². The van der Waals surface area contributed by atoms with Gasteiger partial charge in [-0.15, -0.1) is 0 Å². The second-order valence-corrected chi connectivity index (χ2v) is 3.37. The lowest BCUT2D eigenvalue weighted by molar-refractivity contribution is 0.540. The van der Waals surface area contributed by atoms with Crippen LogP contribution < -0.4 is 0 Å². The Labute approximate surface area is 76.8 Å². The van der Waals surface area contributed by atoms with Gasteiger partial charge in [-0.1, -0.05) is 23.8 Å². The molecule has 0 spiro atoms. The van der Waals surface area contributed by atoms with Gasteiger partial charge in [-0.3, -0.25) is 0 Å². The van der Waals surface area contributed by atoms with Crippen molar-refractivity contribution in [3.63, 3.8) is 0 Å². The maximum Gasteiger partial charge on any atom is -0.0171 e. The van der Waals surface area contributed by atoms with E-state index in [0.717, 1.165) is 5.92 Å². The minimum atomic E-state index is 0. The van der Waals surface area contributed by atoms with Gasteiger partial charge in [0.05, 0.1) is 0 Å². The number of allylic oxidation sites excluding steroid dienone is 3. The molecule has 0 aromatic rings. The first kappa shape index (κ1) is 10.8. The smallest absolute Gasteiger partial charge is 0.0171 e. The van der Waals surface area contributed by atoms with E-state index in [4.69, 9.17) is 0 Å². The van der Waals surface area contributed by atoms with Crippen LogP contribution in [0.15, 0.2) is 23.8 Å². The zero-order chi connectivity index (χ0) is 7.56. The first-order valence-electron chi connectivity index (χ1n) is 4.01. The summed E-state index contributed by atoms with van der Waals surface area (Å²) in [5.41, 5.74) is 2.90. The van der Waals surface area contributed by atoms with E-state index in [1.807, 2.05) is 0 Å². The lowest BCUT2D eigenvalue weighted by Gasteiger charge is -2.19. The van der Waals surface area contributed by atoms with Gasteiger partial charge < -0.3 is 0 Å². The van der Waals surface area contributed by atoms with Crippen molar-refractivity contribution in [2.24, 2.45) is 5.92 Å². The van der Waals surface area contributed by atoms with Gasteiger partial charge in [0, 0.05) is 0 Å². The molecule has 0 fully saturated rings. The SMILES string of the molecule is C=C(C)[C@@H]1CC=C(C)CC1.S. The number of rotatable bonds is 1. The summed E-state index contributed by atoms with van der Waals surface area (Å²) in [4.78, 5) is 0. The van der Waals surface area contributed by atoms with Crippen molar-refractivity contribution in [2.45, 2.75) is 33.1 Å². The van der Waals surface area contributed by atoms with Crippen LogP contribution in [0.1, 0.15) is 33.1 Å². The molecule has 1 heteroatoms. The Kier molecular flexibility index (Phi) is 4.58. The predicted octanol–water partition coefficient (Wildman–Crippen LogP) is 3.42. The number of hydrogen-bond acceptors (Lipinski definition) is 0. The topological polar surface area (TPSA) is 0 Å². The van der Waals surface area contributed by atoms with Crippen LogP contribution in [0.25, 0.3) is 0 Å². The molecule has 1 rings (SSSR count). The molecule has 0 N–H and O–H groups in total. The fourth-order valence-electron chi connectivity index (χ4n) is 1.41. The van der Waals surface area contributed by atoms with E-state index in [9.17, 15) is 0 Å². The van der Waals surface area contributed by atoms with E-state index in [-0.39, 0.29) is 13.5 Å². The van der Waals surface area contributed by atoms with Crippen LogP contribution >= 0.6 is 13.5 Å². The van der Waals surface area contributed by atoms with Crippen LogP contribution in [0.3, 0.4) is 0 Å². The standard InChI is InChI=1S/C10H16.H2S/c1-8(2)10-6-4-9(3)5-7-10;/h4,10H,1,5-7H2,2-3H3;1H2/t10-;/m1./s1. The summed E-state index contributed by atoms with van der Waals surface area (Å²) in [6.07, 6.45) is 6.17. The molecule has 0 heterocycles. The maximum absolute atomic E-state index is 3.97. The second-order valence-electron chi connectivity index (χ2n) is 3.37. The molecule has 1 atom stereocenters. The quantitative estimate of drug-likeness (QED) is 0.529. The van der Waals surface area contributed by atoms with Crippen molar-refractivity contribution < 1.29 is 0 Å². The molecule has 0 nitrogen and oxygen atoms in total. The molecule has 0 aliphatic heterocycles. The summed E-state index contributed by atoms with van der Waals surface area (Å²) < 4.78 is 0. The second kappa shape index (κ2) is 4.66. The zero-order valence-corrected chi connectivity index (χ0v) is 8.48. The predicted molar refractivity (Wildman–Crippen MR) is 56.3 cm³/mol. The van der Waals surface area contributed by atoms with E-state index in [1.54, 1.807) is 5.57 Å². The highest BCUT2D eigenvalue weighted by molar-refractivity contribution is 7.59. The lowest BCUT2D eigenvalue weighted by Crippen LogP contribution is -2.04. The molecule has 0 aromatic carbocycles. The summed E-state index contributed by atoms with van der Waals surface area (Å²) in [7, 11) is 0. The summed E-state index contributed by atoms with van der Waals surface area (Å²) in [5, 5.41) is 0. The van der Waals surface area contributed by atoms with Gasteiger partial charge in [-0.25, -0.2) is 0 Å². The third-order valence-corrected chi connectivity index (χ3v) is 2.33. The first-order chi connectivity index (χ1) is 4.70. The van der Waals surface area contributed by atoms with Crippen molar-refractivity contribution in [1.82, 2.24) is 0 Å². The van der Waals surface area contributed by atoms with E-state index < -0.39 is 0 Å². The zero-order valence-electron chi connectivity index (χ0n) is 7.48.